The first-order chi connectivity index (χ1) is 14.8. The maximum absolute atomic E-state index is 14.6. The molecule has 0 aliphatic heterocycles. The standard InChI is InChI=1S/C21H26FN7OS/c1-4-5-9-25-21-27-16-11-14(22)13(10-17(16)31-21)20(30)28-18-8-6-7-15(26-18)19(23)29(24)12(2)3/h6-8,10-12,23H,4-5,9,24H2,1-3H3,(H,25,27)(H,26,28,30). The lowest BCUT2D eigenvalue weighted by Crippen LogP contribution is -2.43. The van der Waals surface area contributed by atoms with E-state index in [-0.39, 0.29) is 23.3 Å². The van der Waals surface area contributed by atoms with Crippen LogP contribution in [0.2, 0.25) is 0 Å². The quantitative estimate of drug-likeness (QED) is 0.136. The Morgan fingerprint density at radius 2 is 2.10 bits per heavy atom. The highest BCUT2D eigenvalue weighted by Gasteiger charge is 2.18. The fraction of sp³-hybridized carbons (Fsp3) is 0.333. The number of benzene rings is 1. The number of unbranched alkanes of at least 4 members (excludes halogenated alkanes) is 1. The van der Waals surface area contributed by atoms with E-state index in [2.05, 4.69) is 27.5 Å². The van der Waals surface area contributed by atoms with E-state index >= 15 is 0 Å². The van der Waals surface area contributed by atoms with Gasteiger partial charge in [0.05, 0.1) is 15.8 Å². The zero-order valence-corrected chi connectivity index (χ0v) is 18.5. The van der Waals surface area contributed by atoms with E-state index in [1.165, 1.54) is 28.5 Å². The van der Waals surface area contributed by atoms with Gasteiger partial charge in [-0.2, -0.15) is 0 Å². The molecule has 2 aromatic heterocycles. The third-order valence-corrected chi connectivity index (χ3v) is 5.55. The molecule has 8 nitrogen and oxygen atoms in total. The van der Waals surface area contributed by atoms with Crippen LogP contribution in [-0.2, 0) is 0 Å². The molecule has 0 aliphatic rings. The molecule has 1 aromatic carbocycles. The summed E-state index contributed by atoms with van der Waals surface area (Å²) in [6.45, 7) is 6.59. The van der Waals surface area contributed by atoms with Crippen molar-refractivity contribution < 1.29 is 9.18 Å². The van der Waals surface area contributed by atoms with Gasteiger partial charge < -0.3 is 10.6 Å². The van der Waals surface area contributed by atoms with E-state index in [1.807, 2.05) is 13.8 Å². The van der Waals surface area contributed by atoms with Crippen LogP contribution in [0.3, 0.4) is 0 Å². The molecular formula is C21H26FN7OS. The average molecular weight is 444 g/mol. The minimum absolute atomic E-state index is 0.0199. The van der Waals surface area contributed by atoms with E-state index in [9.17, 15) is 9.18 Å². The number of aromatic nitrogens is 2. The third kappa shape index (κ3) is 5.33. The summed E-state index contributed by atoms with van der Waals surface area (Å²) in [6, 6.07) is 7.52. The molecule has 0 atom stereocenters. The number of nitrogens with zero attached hydrogens (tertiary/aromatic N) is 3. The summed E-state index contributed by atoms with van der Waals surface area (Å²) < 4.78 is 15.3. The SMILES string of the molecule is CCCCNc1nc2cc(F)c(C(=O)Nc3cccc(C(=N)N(N)C(C)C)n3)cc2s1. The Labute approximate surface area is 184 Å². The molecule has 31 heavy (non-hydrogen) atoms. The predicted octanol–water partition coefficient (Wildman–Crippen LogP) is 4.20. The lowest BCUT2D eigenvalue weighted by Gasteiger charge is -2.23. The second-order valence-corrected chi connectivity index (χ2v) is 8.34. The zero-order chi connectivity index (χ0) is 22.5. The number of halogens is 1. The molecule has 0 radical (unpaired) electrons. The lowest BCUT2D eigenvalue weighted by atomic mass is 10.2. The molecule has 0 spiro atoms. The van der Waals surface area contributed by atoms with Crippen LogP contribution in [0.5, 0.6) is 0 Å². The molecule has 164 valence electrons. The van der Waals surface area contributed by atoms with Gasteiger partial charge in [0.25, 0.3) is 5.91 Å². The number of anilines is 2. The molecule has 0 saturated carbocycles. The third-order valence-electron chi connectivity index (χ3n) is 4.58. The largest absolute Gasteiger partial charge is 0.361 e. The molecule has 0 saturated heterocycles. The number of hydrazine groups is 1. The van der Waals surface area contributed by atoms with Crippen LogP contribution in [0.1, 0.15) is 49.7 Å². The van der Waals surface area contributed by atoms with Gasteiger partial charge in [-0.25, -0.2) is 20.2 Å². The molecule has 10 heteroatoms. The minimum atomic E-state index is -0.660. The van der Waals surface area contributed by atoms with Gasteiger partial charge in [-0.15, -0.1) is 0 Å². The minimum Gasteiger partial charge on any atom is -0.361 e. The van der Waals surface area contributed by atoms with Crippen LogP contribution in [0.4, 0.5) is 15.3 Å². The van der Waals surface area contributed by atoms with E-state index in [0.29, 0.717) is 21.0 Å². The summed E-state index contributed by atoms with van der Waals surface area (Å²) in [4.78, 5) is 21.3. The number of nitrogens with two attached hydrogens (primary N) is 1. The van der Waals surface area contributed by atoms with Crippen LogP contribution < -0.4 is 16.5 Å². The van der Waals surface area contributed by atoms with Gasteiger partial charge in [-0.05, 0) is 38.5 Å². The van der Waals surface area contributed by atoms with E-state index in [0.717, 1.165) is 19.4 Å². The molecule has 1 amide bonds. The number of pyridine rings is 1. The maximum Gasteiger partial charge on any atom is 0.259 e. The van der Waals surface area contributed by atoms with Crippen LogP contribution >= 0.6 is 11.3 Å². The lowest BCUT2D eigenvalue weighted by molar-refractivity contribution is 0.102. The fourth-order valence-electron chi connectivity index (χ4n) is 2.78. The number of amidine groups is 1. The highest BCUT2D eigenvalue weighted by molar-refractivity contribution is 7.22. The predicted molar refractivity (Wildman–Crippen MR) is 123 cm³/mol. The van der Waals surface area contributed by atoms with Crippen molar-refractivity contribution in [1.29, 1.82) is 5.41 Å². The number of hydrogen-bond acceptors (Lipinski definition) is 7. The summed E-state index contributed by atoms with van der Waals surface area (Å²) in [5, 5.41) is 15.9. The molecule has 0 bridgehead atoms. The summed E-state index contributed by atoms with van der Waals surface area (Å²) in [5.74, 6) is 4.81. The van der Waals surface area contributed by atoms with Crippen LogP contribution in [0.15, 0.2) is 30.3 Å². The number of carbonyl (C=O) groups is 1. The molecule has 3 rings (SSSR count). The normalized spacial score (nSPS) is 11.0. The average Bonchev–Trinajstić information content (AvgIpc) is 3.13. The van der Waals surface area contributed by atoms with E-state index in [4.69, 9.17) is 11.3 Å². The number of nitrogens with one attached hydrogen (secondary N) is 3. The molecule has 2 heterocycles. The summed E-state index contributed by atoms with van der Waals surface area (Å²) >= 11 is 1.37. The number of amides is 1. The second kappa shape index (κ2) is 9.80. The molecule has 5 N–H and O–H groups in total. The highest BCUT2D eigenvalue weighted by atomic mass is 32.1. The zero-order valence-electron chi connectivity index (χ0n) is 17.7. The summed E-state index contributed by atoms with van der Waals surface area (Å²) in [7, 11) is 0. The topological polar surface area (TPSA) is 120 Å². The van der Waals surface area contributed by atoms with Crippen molar-refractivity contribution in [1.82, 2.24) is 15.0 Å². The molecule has 0 unspecified atom stereocenters. The summed E-state index contributed by atoms with van der Waals surface area (Å²) in [6.07, 6.45) is 2.08. The van der Waals surface area contributed by atoms with Crippen LogP contribution in [-0.4, -0.2) is 39.3 Å². The second-order valence-electron chi connectivity index (χ2n) is 7.31. The number of carbonyl (C=O) groups excluding carboxylic acids is 1. The van der Waals surface area contributed by atoms with Crippen molar-refractivity contribution >= 4 is 44.2 Å². The molecule has 0 fully saturated rings. The Morgan fingerprint density at radius 3 is 2.81 bits per heavy atom. The first-order valence-electron chi connectivity index (χ1n) is 10.0. The van der Waals surface area contributed by atoms with Crippen LogP contribution in [0.25, 0.3) is 10.2 Å². The van der Waals surface area contributed by atoms with Crippen molar-refractivity contribution in [2.75, 3.05) is 17.2 Å². The van der Waals surface area contributed by atoms with Gasteiger partial charge in [-0.1, -0.05) is 30.7 Å². The van der Waals surface area contributed by atoms with Gasteiger partial charge in [0.15, 0.2) is 11.0 Å². The highest BCUT2D eigenvalue weighted by Crippen LogP contribution is 2.28. The molecular weight excluding hydrogens is 417 g/mol. The Balaban J connectivity index is 1.79. The van der Waals surface area contributed by atoms with Gasteiger partial charge >= 0.3 is 0 Å². The smallest absolute Gasteiger partial charge is 0.259 e. The Morgan fingerprint density at radius 1 is 1.32 bits per heavy atom. The first-order valence-corrected chi connectivity index (χ1v) is 10.9. The Kier molecular flexibility index (Phi) is 7.13. The van der Waals surface area contributed by atoms with E-state index < -0.39 is 11.7 Å². The number of thiazole rings is 1. The van der Waals surface area contributed by atoms with Gasteiger partial charge in [-0.3, -0.25) is 15.2 Å². The van der Waals surface area contributed by atoms with Crippen molar-refractivity contribution in [2.24, 2.45) is 5.84 Å². The van der Waals surface area contributed by atoms with Crippen LogP contribution in [0, 0.1) is 11.2 Å². The Bertz CT molecular complexity index is 1100. The van der Waals surface area contributed by atoms with Crippen molar-refractivity contribution in [3.8, 4) is 0 Å². The molecule has 3 aromatic rings. The number of fused-ring (bicyclic) bond motifs is 1. The number of rotatable bonds is 8. The fourth-order valence-corrected chi connectivity index (χ4v) is 3.69. The van der Waals surface area contributed by atoms with Gasteiger partial charge in [0.1, 0.15) is 17.3 Å². The maximum atomic E-state index is 14.6. The number of hydrogen-bond donors (Lipinski definition) is 4. The molecule has 0 aliphatic carbocycles. The van der Waals surface area contributed by atoms with Crippen molar-refractivity contribution in [3.63, 3.8) is 0 Å². The summed E-state index contributed by atoms with van der Waals surface area (Å²) in [5.41, 5.74) is 0.708. The van der Waals surface area contributed by atoms with Crippen molar-refractivity contribution in [2.45, 2.75) is 39.7 Å². The first kappa shape index (κ1) is 22.6. The van der Waals surface area contributed by atoms with Gasteiger partial charge in [0, 0.05) is 18.7 Å². The van der Waals surface area contributed by atoms with Gasteiger partial charge in [0.2, 0.25) is 0 Å². The Hall–Kier alpha value is -3.11. The van der Waals surface area contributed by atoms with Crippen molar-refractivity contribution in [3.05, 3.63) is 47.4 Å². The van der Waals surface area contributed by atoms with E-state index in [1.54, 1.807) is 18.2 Å². The monoisotopic (exact) mass is 443 g/mol.